The van der Waals surface area contributed by atoms with Crippen molar-refractivity contribution < 1.29 is 14.7 Å². The highest BCUT2D eigenvalue weighted by molar-refractivity contribution is 5.84. The van der Waals surface area contributed by atoms with Gasteiger partial charge in [-0.25, -0.2) is 0 Å². The number of benzene rings is 1. The van der Waals surface area contributed by atoms with Crippen LogP contribution in [0.2, 0.25) is 0 Å². The maximum atomic E-state index is 14.5. The van der Waals surface area contributed by atoms with Gasteiger partial charge in [-0.3, -0.25) is 9.59 Å². The Morgan fingerprint density at radius 2 is 1.41 bits per heavy atom. The van der Waals surface area contributed by atoms with Crippen LogP contribution in [-0.4, -0.2) is 28.4 Å². The van der Waals surface area contributed by atoms with E-state index in [0.717, 1.165) is 57.1 Å². The first-order valence-corrected chi connectivity index (χ1v) is 14.8. The van der Waals surface area contributed by atoms with Gasteiger partial charge in [-0.2, -0.15) is 5.26 Å². The Hall–Kier alpha value is -2.35. The minimum absolute atomic E-state index is 0.134. The van der Waals surface area contributed by atoms with Crippen molar-refractivity contribution in [3.63, 3.8) is 0 Å². The van der Waals surface area contributed by atoms with E-state index in [-0.39, 0.29) is 16.2 Å². The minimum atomic E-state index is -0.537. The molecular formula is C32H38N2O3. The summed E-state index contributed by atoms with van der Waals surface area (Å²) in [6.07, 6.45) is 14.0. The van der Waals surface area contributed by atoms with E-state index in [0.29, 0.717) is 41.7 Å². The number of rotatable bonds is 3. The summed E-state index contributed by atoms with van der Waals surface area (Å²) in [6.45, 7) is 1.41. The molecule has 1 aromatic carbocycles. The Labute approximate surface area is 219 Å². The zero-order chi connectivity index (χ0) is 25.2. The fourth-order valence-corrected chi connectivity index (χ4v) is 12.4. The van der Waals surface area contributed by atoms with Crippen molar-refractivity contribution in [2.75, 3.05) is 6.54 Å². The third-order valence-corrected chi connectivity index (χ3v) is 12.8. The SMILES string of the molecule is N#Cc1ccc2c(c1)CN(C(=O)C13CC4CC(C1)CC(C15CC6CC(CC(C(=O)O)(C6)C1)C5)(C4)C3)CC2. The minimum Gasteiger partial charge on any atom is -0.481 e. The number of hydrogen-bond donors (Lipinski definition) is 1. The normalized spacial score (nSPS) is 46.5. The van der Waals surface area contributed by atoms with Gasteiger partial charge in [0.15, 0.2) is 0 Å². The molecule has 8 aliphatic carbocycles. The summed E-state index contributed by atoms with van der Waals surface area (Å²) in [6, 6.07) is 8.21. The van der Waals surface area contributed by atoms with Gasteiger partial charge < -0.3 is 10.0 Å². The van der Waals surface area contributed by atoms with Gasteiger partial charge in [-0.05, 0) is 141 Å². The largest absolute Gasteiger partial charge is 0.481 e. The summed E-state index contributed by atoms with van der Waals surface area (Å²) in [5, 5.41) is 19.8. The number of aliphatic carboxylic acids is 1. The molecule has 1 aromatic rings. The third kappa shape index (κ3) is 2.96. The monoisotopic (exact) mass is 498 g/mol. The maximum absolute atomic E-state index is 14.5. The molecular weight excluding hydrogens is 460 g/mol. The van der Waals surface area contributed by atoms with Gasteiger partial charge in [0, 0.05) is 13.1 Å². The average molecular weight is 499 g/mol. The standard InChI is InChI=1S/C32H38N2O3/c33-16-20-1-2-25-3-4-34(17-26(25)7-20)27(35)29-8-21-5-22(9-29)13-31(12-21,18-29)32-14-23-6-24(15-32)11-30(10-23,19-32)28(36)37/h1-2,7,21-24H,3-6,8-15,17-19H2,(H,36,37). The molecule has 194 valence electrons. The highest BCUT2D eigenvalue weighted by Gasteiger charge is 2.72. The number of nitriles is 1. The molecule has 10 rings (SSSR count). The quantitative estimate of drug-likeness (QED) is 0.580. The number of fused-ring (bicyclic) bond motifs is 1. The van der Waals surface area contributed by atoms with Crippen molar-refractivity contribution >= 4 is 11.9 Å². The van der Waals surface area contributed by atoms with E-state index in [1.54, 1.807) is 0 Å². The van der Waals surface area contributed by atoms with Gasteiger partial charge in [-0.1, -0.05) is 6.07 Å². The topological polar surface area (TPSA) is 81.4 Å². The molecule has 5 heteroatoms. The Morgan fingerprint density at radius 1 is 0.838 bits per heavy atom. The molecule has 5 nitrogen and oxygen atoms in total. The van der Waals surface area contributed by atoms with Crippen LogP contribution >= 0.6 is 0 Å². The maximum Gasteiger partial charge on any atom is 0.309 e. The molecule has 1 aliphatic heterocycles. The lowest BCUT2D eigenvalue weighted by atomic mass is 9.31. The van der Waals surface area contributed by atoms with Crippen molar-refractivity contribution in [3.05, 3.63) is 34.9 Å². The molecule has 0 aromatic heterocycles. The first-order valence-electron chi connectivity index (χ1n) is 14.8. The first-order chi connectivity index (χ1) is 17.7. The van der Waals surface area contributed by atoms with Gasteiger partial charge >= 0.3 is 5.97 Å². The van der Waals surface area contributed by atoms with E-state index >= 15 is 0 Å². The molecule has 1 N–H and O–H groups in total. The molecule has 37 heavy (non-hydrogen) atoms. The summed E-state index contributed by atoms with van der Waals surface area (Å²) in [4.78, 5) is 29.3. The Bertz CT molecular complexity index is 1230. The van der Waals surface area contributed by atoms with E-state index in [9.17, 15) is 20.0 Å². The van der Waals surface area contributed by atoms with E-state index < -0.39 is 11.4 Å². The number of carboxylic acids is 1. The Kier molecular flexibility index (Phi) is 4.39. The predicted octanol–water partition coefficient (Wildman–Crippen LogP) is 5.70. The number of carbonyl (C=O) groups excluding carboxylic acids is 1. The molecule has 8 bridgehead atoms. The molecule has 4 unspecified atom stereocenters. The van der Waals surface area contributed by atoms with Gasteiger partial charge in [0.2, 0.25) is 5.91 Å². The zero-order valence-electron chi connectivity index (χ0n) is 21.8. The molecule has 4 atom stereocenters. The Morgan fingerprint density at radius 3 is 1.97 bits per heavy atom. The van der Waals surface area contributed by atoms with Crippen LogP contribution in [0.3, 0.4) is 0 Å². The number of carbonyl (C=O) groups is 2. The average Bonchev–Trinajstić information content (AvgIpc) is 2.86. The highest BCUT2D eigenvalue weighted by atomic mass is 16.4. The molecule has 0 spiro atoms. The molecule has 9 aliphatic rings. The van der Waals surface area contributed by atoms with Gasteiger partial charge in [0.25, 0.3) is 0 Å². The van der Waals surface area contributed by atoms with Crippen molar-refractivity contribution in [2.24, 2.45) is 45.3 Å². The lowest BCUT2D eigenvalue weighted by Gasteiger charge is -2.73. The summed E-state index contributed by atoms with van der Waals surface area (Å²) >= 11 is 0. The van der Waals surface area contributed by atoms with Crippen molar-refractivity contribution in [2.45, 2.75) is 90.0 Å². The van der Waals surface area contributed by atoms with E-state index in [4.69, 9.17) is 0 Å². The molecule has 0 radical (unpaired) electrons. The molecule has 1 heterocycles. The van der Waals surface area contributed by atoms with Crippen molar-refractivity contribution in [3.8, 4) is 6.07 Å². The number of carboxylic acid groups (broad SMARTS) is 1. The van der Waals surface area contributed by atoms with Gasteiger partial charge in [-0.15, -0.1) is 0 Å². The summed E-state index contributed by atoms with van der Waals surface area (Å²) < 4.78 is 0. The van der Waals surface area contributed by atoms with Crippen LogP contribution in [0.5, 0.6) is 0 Å². The summed E-state index contributed by atoms with van der Waals surface area (Å²) in [5.41, 5.74) is 2.63. The second kappa shape index (κ2) is 7.19. The van der Waals surface area contributed by atoms with Crippen LogP contribution in [0, 0.1) is 56.7 Å². The Balaban J connectivity index is 1.14. The van der Waals surface area contributed by atoms with Crippen LogP contribution in [0.25, 0.3) is 0 Å². The van der Waals surface area contributed by atoms with Gasteiger partial charge in [0.1, 0.15) is 0 Å². The van der Waals surface area contributed by atoms with Crippen LogP contribution in [0.15, 0.2) is 18.2 Å². The summed E-state index contributed by atoms with van der Waals surface area (Å²) in [7, 11) is 0. The zero-order valence-corrected chi connectivity index (χ0v) is 21.8. The number of nitrogens with zero attached hydrogens (tertiary/aromatic N) is 2. The second-order valence-electron chi connectivity index (χ2n) is 14.9. The number of amides is 1. The van der Waals surface area contributed by atoms with Crippen LogP contribution < -0.4 is 0 Å². The smallest absolute Gasteiger partial charge is 0.309 e. The molecule has 1 amide bonds. The van der Waals surface area contributed by atoms with Crippen LogP contribution in [0.1, 0.15) is 93.7 Å². The fraction of sp³-hybridized carbons (Fsp3) is 0.719. The third-order valence-electron chi connectivity index (χ3n) is 12.8. The molecule has 0 saturated heterocycles. The molecule has 8 fully saturated rings. The van der Waals surface area contributed by atoms with Crippen molar-refractivity contribution in [1.82, 2.24) is 4.90 Å². The van der Waals surface area contributed by atoms with Crippen LogP contribution in [0.4, 0.5) is 0 Å². The fourth-order valence-electron chi connectivity index (χ4n) is 12.4. The number of hydrogen-bond acceptors (Lipinski definition) is 3. The highest BCUT2D eigenvalue weighted by Crippen LogP contribution is 2.78. The lowest BCUT2D eigenvalue weighted by molar-refractivity contribution is -0.240. The van der Waals surface area contributed by atoms with Gasteiger partial charge in [0.05, 0.1) is 22.5 Å². The predicted molar refractivity (Wildman–Crippen MR) is 137 cm³/mol. The summed E-state index contributed by atoms with van der Waals surface area (Å²) in [5.74, 6) is 2.24. The van der Waals surface area contributed by atoms with Crippen LogP contribution in [-0.2, 0) is 22.6 Å². The lowest BCUT2D eigenvalue weighted by Crippen LogP contribution is -2.67. The van der Waals surface area contributed by atoms with E-state index in [2.05, 4.69) is 17.0 Å². The van der Waals surface area contributed by atoms with Crippen molar-refractivity contribution in [1.29, 1.82) is 5.26 Å². The van der Waals surface area contributed by atoms with E-state index in [1.165, 1.54) is 44.1 Å². The second-order valence-corrected chi connectivity index (χ2v) is 14.9. The molecule has 8 saturated carbocycles. The van der Waals surface area contributed by atoms with E-state index in [1.807, 2.05) is 12.1 Å². The first kappa shape index (κ1) is 22.6.